The molecule has 1 fully saturated rings. The Labute approximate surface area is 144 Å². The van der Waals surface area contributed by atoms with Gasteiger partial charge in [-0.2, -0.15) is 0 Å². The van der Waals surface area contributed by atoms with Crippen molar-refractivity contribution in [2.45, 2.75) is 58.5 Å². The quantitative estimate of drug-likeness (QED) is 0.593. The van der Waals surface area contributed by atoms with Gasteiger partial charge in [0.2, 0.25) is 0 Å². The number of aromatic nitrogens is 1. The van der Waals surface area contributed by atoms with Crippen molar-refractivity contribution in [1.29, 1.82) is 0 Å². The second-order valence-electron chi connectivity index (χ2n) is 6.02. The van der Waals surface area contributed by atoms with Gasteiger partial charge in [0.25, 0.3) is 0 Å². The third-order valence-corrected chi connectivity index (χ3v) is 5.63. The van der Waals surface area contributed by atoms with Crippen LogP contribution in [0.5, 0.6) is 0 Å². The van der Waals surface area contributed by atoms with Crippen LogP contribution in [0, 0.1) is 0 Å². The number of nitrogens with one attached hydrogen (secondary N) is 2. The first-order valence-electron chi connectivity index (χ1n) is 8.89. The van der Waals surface area contributed by atoms with Crippen LogP contribution in [-0.2, 0) is 13.0 Å². The fourth-order valence-electron chi connectivity index (χ4n) is 3.11. The zero-order valence-corrected chi connectivity index (χ0v) is 15.6. The second kappa shape index (κ2) is 9.88. The van der Waals surface area contributed by atoms with Gasteiger partial charge >= 0.3 is 0 Å². The molecule has 1 unspecified atom stereocenters. The molecule has 0 aliphatic carbocycles. The average molecular weight is 338 g/mol. The van der Waals surface area contributed by atoms with Gasteiger partial charge in [0, 0.05) is 37.3 Å². The van der Waals surface area contributed by atoms with E-state index in [1.165, 1.54) is 37.1 Å². The van der Waals surface area contributed by atoms with Crippen LogP contribution in [0.1, 0.15) is 49.4 Å². The molecule has 1 saturated heterocycles. The maximum Gasteiger partial charge on any atom is 0.191 e. The van der Waals surface area contributed by atoms with E-state index in [1.54, 1.807) is 11.3 Å². The Balaban J connectivity index is 1.70. The van der Waals surface area contributed by atoms with Crippen LogP contribution in [0.2, 0.25) is 0 Å². The first-order valence-corrected chi connectivity index (χ1v) is 9.70. The van der Waals surface area contributed by atoms with Crippen molar-refractivity contribution in [2.24, 2.45) is 4.99 Å². The number of hydrogen-bond acceptors (Lipinski definition) is 4. The number of likely N-dealkylation sites (tertiary alicyclic amines) is 1. The van der Waals surface area contributed by atoms with E-state index in [0.717, 1.165) is 43.1 Å². The molecule has 1 atom stereocenters. The van der Waals surface area contributed by atoms with Crippen molar-refractivity contribution in [1.82, 2.24) is 20.5 Å². The van der Waals surface area contributed by atoms with Gasteiger partial charge in [-0.1, -0.05) is 20.3 Å². The number of thiazole rings is 1. The molecular weight excluding hydrogens is 306 g/mol. The monoisotopic (exact) mass is 337 g/mol. The van der Waals surface area contributed by atoms with Crippen molar-refractivity contribution in [3.8, 4) is 0 Å². The predicted octanol–water partition coefficient (Wildman–Crippen LogP) is 2.63. The third-order valence-electron chi connectivity index (χ3n) is 4.49. The lowest BCUT2D eigenvalue weighted by atomic mass is 10.0. The molecule has 2 N–H and O–H groups in total. The highest BCUT2D eigenvalue weighted by Gasteiger charge is 2.19. The van der Waals surface area contributed by atoms with E-state index in [-0.39, 0.29) is 0 Å². The molecule has 0 bridgehead atoms. The minimum Gasteiger partial charge on any atom is -0.355 e. The van der Waals surface area contributed by atoms with Gasteiger partial charge in [-0.3, -0.25) is 9.89 Å². The van der Waals surface area contributed by atoms with Crippen molar-refractivity contribution in [3.05, 3.63) is 16.1 Å². The largest absolute Gasteiger partial charge is 0.355 e. The van der Waals surface area contributed by atoms with E-state index < -0.39 is 0 Å². The first-order chi connectivity index (χ1) is 11.3. The van der Waals surface area contributed by atoms with Gasteiger partial charge in [0.1, 0.15) is 5.01 Å². The fraction of sp³-hybridized carbons (Fsp3) is 0.765. The van der Waals surface area contributed by atoms with Crippen LogP contribution in [0.25, 0.3) is 0 Å². The summed E-state index contributed by atoms with van der Waals surface area (Å²) in [6.07, 6.45) is 8.37. The van der Waals surface area contributed by atoms with Crippen LogP contribution in [0.3, 0.4) is 0 Å². The molecular formula is C17H31N5S. The molecule has 2 rings (SSSR count). The van der Waals surface area contributed by atoms with Gasteiger partial charge in [-0.05, 0) is 32.2 Å². The second-order valence-corrected chi connectivity index (χ2v) is 7.22. The van der Waals surface area contributed by atoms with E-state index in [1.807, 2.05) is 13.2 Å². The number of aryl methyl sites for hydroxylation is 1. The lowest BCUT2D eigenvalue weighted by Crippen LogP contribution is -2.45. The molecule has 0 spiro atoms. The third kappa shape index (κ3) is 5.77. The summed E-state index contributed by atoms with van der Waals surface area (Å²) >= 11 is 1.77. The van der Waals surface area contributed by atoms with Gasteiger partial charge in [0.15, 0.2) is 5.96 Å². The summed E-state index contributed by atoms with van der Waals surface area (Å²) in [7, 11) is 1.82. The summed E-state index contributed by atoms with van der Waals surface area (Å²) < 4.78 is 0. The van der Waals surface area contributed by atoms with Crippen molar-refractivity contribution in [2.75, 3.05) is 26.7 Å². The molecule has 0 radical (unpaired) electrons. The Morgan fingerprint density at radius 3 is 2.96 bits per heavy atom. The maximum absolute atomic E-state index is 4.43. The molecule has 0 aromatic carbocycles. The van der Waals surface area contributed by atoms with Crippen LogP contribution >= 0.6 is 11.3 Å². The van der Waals surface area contributed by atoms with Crippen LogP contribution in [0.15, 0.2) is 11.2 Å². The number of hydrogen-bond donors (Lipinski definition) is 2. The summed E-state index contributed by atoms with van der Waals surface area (Å²) in [6.45, 7) is 8.48. The molecule has 1 aliphatic heterocycles. The predicted molar refractivity (Wildman–Crippen MR) is 99.2 cm³/mol. The summed E-state index contributed by atoms with van der Waals surface area (Å²) in [5.74, 6) is 0.864. The average Bonchev–Trinajstić information content (AvgIpc) is 3.06. The summed E-state index contributed by atoms with van der Waals surface area (Å²) in [6, 6.07) is 0.767. The van der Waals surface area contributed by atoms with Gasteiger partial charge in [0.05, 0.1) is 6.54 Å². The molecule has 0 saturated carbocycles. The molecule has 6 heteroatoms. The van der Waals surface area contributed by atoms with Crippen molar-refractivity contribution >= 4 is 17.3 Å². The summed E-state index contributed by atoms with van der Waals surface area (Å²) in [5.41, 5.74) is 0. The number of nitrogens with zero attached hydrogens (tertiary/aromatic N) is 3. The topological polar surface area (TPSA) is 52.6 Å². The minimum absolute atomic E-state index is 0.742. The molecule has 2 heterocycles. The Morgan fingerprint density at radius 2 is 2.26 bits per heavy atom. The van der Waals surface area contributed by atoms with Gasteiger partial charge < -0.3 is 10.6 Å². The Morgan fingerprint density at radius 1 is 1.39 bits per heavy atom. The smallest absolute Gasteiger partial charge is 0.191 e. The Kier molecular flexibility index (Phi) is 7.82. The normalized spacial score (nSPS) is 19.8. The lowest BCUT2D eigenvalue weighted by Gasteiger charge is -2.35. The molecule has 130 valence electrons. The molecule has 1 aliphatic rings. The molecule has 1 aromatic rings. The van der Waals surface area contributed by atoms with Crippen LogP contribution in [-0.4, -0.2) is 48.6 Å². The van der Waals surface area contributed by atoms with Crippen molar-refractivity contribution < 1.29 is 0 Å². The van der Waals surface area contributed by atoms with E-state index in [2.05, 4.69) is 39.4 Å². The summed E-state index contributed by atoms with van der Waals surface area (Å²) in [5, 5.41) is 7.90. The minimum atomic E-state index is 0.742. The van der Waals surface area contributed by atoms with Crippen LogP contribution in [0.4, 0.5) is 0 Å². The Bertz CT molecular complexity index is 485. The maximum atomic E-state index is 4.43. The number of aliphatic imine (C=N–C) groups is 1. The summed E-state index contributed by atoms with van der Waals surface area (Å²) in [4.78, 5) is 12.7. The molecule has 23 heavy (non-hydrogen) atoms. The SMILES string of the molecule is CCc1cnc(CNC(=NC)NCCN2CCCCC2CC)s1. The first kappa shape index (κ1) is 18.2. The molecule has 1 aromatic heterocycles. The molecule has 0 amide bonds. The number of piperidine rings is 1. The zero-order chi connectivity index (χ0) is 16.5. The van der Waals surface area contributed by atoms with E-state index in [0.29, 0.717) is 0 Å². The Hall–Kier alpha value is -1.14. The highest BCUT2D eigenvalue weighted by molar-refractivity contribution is 7.11. The van der Waals surface area contributed by atoms with Crippen LogP contribution < -0.4 is 10.6 Å². The lowest BCUT2D eigenvalue weighted by molar-refractivity contribution is 0.147. The zero-order valence-electron chi connectivity index (χ0n) is 14.8. The van der Waals surface area contributed by atoms with E-state index >= 15 is 0 Å². The highest BCUT2D eigenvalue weighted by atomic mass is 32.1. The van der Waals surface area contributed by atoms with E-state index in [9.17, 15) is 0 Å². The molecule has 5 nitrogen and oxygen atoms in total. The highest BCUT2D eigenvalue weighted by Crippen LogP contribution is 2.18. The number of rotatable bonds is 7. The van der Waals surface area contributed by atoms with E-state index in [4.69, 9.17) is 0 Å². The van der Waals surface area contributed by atoms with Gasteiger partial charge in [-0.15, -0.1) is 11.3 Å². The standard InChI is InChI=1S/C17H31N5S/c1-4-14-8-6-7-10-22(14)11-9-19-17(18-3)21-13-16-20-12-15(5-2)23-16/h12,14H,4-11,13H2,1-3H3,(H2,18,19,21). The number of guanidine groups is 1. The van der Waals surface area contributed by atoms with Gasteiger partial charge in [-0.25, -0.2) is 4.98 Å². The van der Waals surface area contributed by atoms with Crippen molar-refractivity contribution in [3.63, 3.8) is 0 Å². The fourth-order valence-corrected chi connectivity index (χ4v) is 3.91.